The molecule has 0 bridgehead atoms. The summed E-state index contributed by atoms with van der Waals surface area (Å²) >= 11 is 0. The van der Waals surface area contributed by atoms with Crippen molar-refractivity contribution in [3.8, 4) is 0 Å². The van der Waals surface area contributed by atoms with Crippen molar-refractivity contribution in [3.63, 3.8) is 0 Å². The van der Waals surface area contributed by atoms with Crippen LogP contribution in [0.15, 0.2) is 0 Å². The van der Waals surface area contributed by atoms with E-state index in [1.807, 2.05) is 0 Å². The molecule has 4 nitrogen and oxygen atoms in total. The number of carboxylic acids is 1. The van der Waals surface area contributed by atoms with Crippen LogP contribution in [0.3, 0.4) is 0 Å². The van der Waals surface area contributed by atoms with Crippen molar-refractivity contribution in [1.29, 1.82) is 0 Å². The standard InChI is InChI=1S/C6H14N2O2/c1-4(2-3-7)5(8)6(9)10/h4-5H,2-3,7-8H2,1H3,(H,9,10)/t4?,5-/m1/s1. The highest BCUT2D eigenvalue weighted by molar-refractivity contribution is 5.73. The first-order valence-electron chi connectivity index (χ1n) is 3.28. The summed E-state index contributed by atoms with van der Waals surface area (Å²) in [5, 5.41) is 8.41. The molecule has 0 aromatic rings. The van der Waals surface area contributed by atoms with Gasteiger partial charge in [0, 0.05) is 0 Å². The van der Waals surface area contributed by atoms with E-state index >= 15 is 0 Å². The Morgan fingerprint density at radius 1 is 1.70 bits per heavy atom. The van der Waals surface area contributed by atoms with Crippen LogP contribution >= 0.6 is 0 Å². The number of hydrogen-bond acceptors (Lipinski definition) is 3. The summed E-state index contributed by atoms with van der Waals surface area (Å²) in [5.74, 6) is -0.997. The molecule has 0 radical (unpaired) electrons. The van der Waals surface area contributed by atoms with Gasteiger partial charge in [0.1, 0.15) is 6.04 Å². The molecule has 0 amide bonds. The molecule has 10 heavy (non-hydrogen) atoms. The van der Waals surface area contributed by atoms with Crippen LogP contribution in [-0.2, 0) is 4.79 Å². The van der Waals surface area contributed by atoms with Crippen LogP contribution in [0, 0.1) is 5.92 Å². The van der Waals surface area contributed by atoms with Crippen LogP contribution in [0.2, 0.25) is 0 Å². The van der Waals surface area contributed by atoms with Gasteiger partial charge in [0.2, 0.25) is 0 Å². The number of carbonyl (C=O) groups is 1. The van der Waals surface area contributed by atoms with Gasteiger partial charge in [-0.15, -0.1) is 0 Å². The van der Waals surface area contributed by atoms with E-state index in [9.17, 15) is 4.79 Å². The largest absolute Gasteiger partial charge is 0.480 e. The zero-order valence-corrected chi connectivity index (χ0v) is 6.08. The van der Waals surface area contributed by atoms with E-state index in [0.717, 1.165) is 0 Å². The van der Waals surface area contributed by atoms with Gasteiger partial charge in [-0.05, 0) is 18.9 Å². The highest BCUT2D eigenvalue weighted by Crippen LogP contribution is 2.04. The highest BCUT2D eigenvalue weighted by atomic mass is 16.4. The molecule has 0 aliphatic carbocycles. The SMILES string of the molecule is CC(CCN)[C@@H](N)C(=O)O. The van der Waals surface area contributed by atoms with Crippen molar-refractivity contribution < 1.29 is 9.90 Å². The van der Waals surface area contributed by atoms with Crippen molar-refractivity contribution >= 4 is 5.97 Å². The van der Waals surface area contributed by atoms with Gasteiger partial charge in [-0.1, -0.05) is 6.92 Å². The van der Waals surface area contributed by atoms with Crippen LogP contribution in [0.1, 0.15) is 13.3 Å². The number of hydrogen-bond donors (Lipinski definition) is 3. The van der Waals surface area contributed by atoms with Crippen molar-refractivity contribution in [2.75, 3.05) is 6.54 Å². The molecule has 60 valence electrons. The van der Waals surface area contributed by atoms with E-state index in [1.165, 1.54) is 0 Å². The third-order valence-electron chi connectivity index (χ3n) is 1.52. The minimum absolute atomic E-state index is 0.0394. The number of rotatable bonds is 4. The predicted molar refractivity (Wildman–Crippen MR) is 38.4 cm³/mol. The van der Waals surface area contributed by atoms with Crippen LogP contribution in [0.4, 0.5) is 0 Å². The second kappa shape index (κ2) is 4.24. The second-order valence-corrected chi connectivity index (χ2v) is 2.42. The van der Waals surface area contributed by atoms with Gasteiger partial charge in [-0.2, -0.15) is 0 Å². The van der Waals surface area contributed by atoms with Gasteiger partial charge in [-0.25, -0.2) is 0 Å². The molecule has 0 saturated heterocycles. The Bertz CT molecular complexity index is 116. The zero-order valence-electron chi connectivity index (χ0n) is 6.08. The number of aliphatic carboxylic acids is 1. The van der Waals surface area contributed by atoms with Crippen molar-refractivity contribution in [2.45, 2.75) is 19.4 Å². The molecule has 0 spiro atoms. The summed E-state index contributed by atoms with van der Waals surface area (Å²) in [6, 6.07) is -0.774. The summed E-state index contributed by atoms with van der Waals surface area (Å²) < 4.78 is 0. The Morgan fingerprint density at radius 3 is 2.50 bits per heavy atom. The normalized spacial score (nSPS) is 16.3. The molecule has 1 unspecified atom stereocenters. The Labute approximate surface area is 60.2 Å². The molecule has 5 N–H and O–H groups in total. The average Bonchev–Trinajstić information content (AvgIpc) is 1.87. The topological polar surface area (TPSA) is 89.3 Å². The zero-order chi connectivity index (χ0) is 8.15. The van der Waals surface area contributed by atoms with E-state index in [2.05, 4.69) is 0 Å². The molecule has 0 aromatic heterocycles. The highest BCUT2D eigenvalue weighted by Gasteiger charge is 2.18. The molecular weight excluding hydrogens is 132 g/mol. The summed E-state index contributed by atoms with van der Waals surface area (Å²) in [6.45, 7) is 2.27. The maximum absolute atomic E-state index is 10.2. The number of carboxylic acid groups (broad SMARTS) is 1. The van der Waals surface area contributed by atoms with Gasteiger partial charge in [0.05, 0.1) is 0 Å². The smallest absolute Gasteiger partial charge is 0.320 e. The third-order valence-corrected chi connectivity index (χ3v) is 1.52. The Balaban J connectivity index is 3.69. The molecule has 0 aliphatic rings. The summed E-state index contributed by atoms with van der Waals surface area (Å²) in [7, 11) is 0. The fourth-order valence-corrected chi connectivity index (χ4v) is 0.686. The second-order valence-electron chi connectivity index (χ2n) is 2.42. The van der Waals surface area contributed by atoms with Crippen LogP contribution in [-0.4, -0.2) is 23.7 Å². The molecule has 0 heterocycles. The number of nitrogens with two attached hydrogens (primary N) is 2. The van der Waals surface area contributed by atoms with Gasteiger partial charge >= 0.3 is 5.97 Å². The fraction of sp³-hybridized carbons (Fsp3) is 0.833. The first-order chi connectivity index (χ1) is 4.59. The van der Waals surface area contributed by atoms with E-state index in [1.54, 1.807) is 6.92 Å². The minimum atomic E-state index is -0.957. The van der Waals surface area contributed by atoms with Gasteiger partial charge in [0.25, 0.3) is 0 Å². The van der Waals surface area contributed by atoms with Crippen LogP contribution < -0.4 is 11.5 Å². The Hall–Kier alpha value is -0.610. The maximum Gasteiger partial charge on any atom is 0.320 e. The van der Waals surface area contributed by atoms with Gasteiger partial charge < -0.3 is 16.6 Å². The molecule has 0 aliphatic heterocycles. The monoisotopic (exact) mass is 146 g/mol. The summed E-state index contributed by atoms with van der Waals surface area (Å²) in [4.78, 5) is 10.2. The van der Waals surface area contributed by atoms with E-state index < -0.39 is 12.0 Å². The van der Waals surface area contributed by atoms with Gasteiger partial charge in [0.15, 0.2) is 0 Å². The molecule has 2 atom stereocenters. The lowest BCUT2D eigenvalue weighted by Crippen LogP contribution is -2.37. The summed E-state index contributed by atoms with van der Waals surface area (Å²) in [6.07, 6.45) is 0.660. The third kappa shape index (κ3) is 2.80. The van der Waals surface area contributed by atoms with E-state index in [4.69, 9.17) is 16.6 Å². The van der Waals surface area contributed by atoms with Crippen LogP contribution in [0.5, 0.6) is 0 Å². The molecule has 4 heteroatoms. The fourth-order valence-electron chi connectivity index (χ4n) is 0.686. The van der Waals surface area contributed by atoms with Crippen LogP contribution in [0.25, 0.3) is 0 Å². The molecule has 0 fully saturated rings. The molecule has 0 saturated carbocycles. The average molecular weight is 146 g/mol. The predicted octanol–water partition coefficient (Wildman–Crippen LogP) is -0.617. The minimum Gasteiger partial charge on any atom is -0.480 e. The lowest BCUT2D eigenvalue weighted by atomic mass is 10.00. The quantitative estimate of drug-likeness (QED) is 0.493. The first-order valence-corrected chi connectivity index (χ1v) is 3.28. The Kier molecular flexibility index (Phi) is 3.99. The molecular formula is C6H14N2O2. The van der Waals surface area contributed by atoms with Gasteiger partial charge in [-0.3, -0.25) is 4.79 Å². The maximum atomic E-state index is 10.2. The lowest BCUT2D eigenvalue weighted by molar-refractivity contribution is -0.139. The Morgan fingerprint density at radius 2 is 2.20 bits per heavy atom. The summed E-state index contributed by atoms with van der Waals surface area (Å²) in [5.41, 5.74) is 10.5. The van der Waals surface area contributed by atoms with E-state index in [-0.39, 0.29) is 5.92 Å². The lowest BCUT2D eigenvalue weighted by Gasteiger charge is -2.13. The van der Waals surface area contributed by atoms with Crippen molar-refractivity contribution in [2.24, 2.45) is 17.4 Å². The van der Waals surface area contributed by atoms with E-state index in [0.29, 0.717) is 13.0 Å². The van der Waals surface area contributed by atoms with Crippen molar-refractivity contribution in [1.82, 2.24) is 0 Å². The molecule has 0 rings (SSSR count). The first kappa shape index (κ1) is 9.39. The van der Waals surface area contributed by atoms with Crippen molar-refractivity contribution in [3.05, 3.63) is 0 Å². The molecule has 0 aromatic carbocycles.